The third-order valence-electron chi connectivity index (χ3n) is 7.10. The molecular weight excluding hydrogens is 416 g/mol. The first kappa shape index (κ1) is 23.8. The van der Waals surface area contributed by atoms with Crippen molar-refractivity contribution in [3.63, 3.8) is 0 Å². The van der Waals surface area contributed by atoms with E-state index in [1.54, 1.807) is 0 Å². The van der Waals surface area contributed by atoms with Gasteiger partial charge >= 0.3 is 11.8 Å². The topological polar surface area (TPSA) is 73.9 Å². The minimum absolute atomic E-state index is 0.0237. The van der Waals surface area contributed by atoms with Crippen molar-refractivity contribution in [1.82, 2.24) is 15.5 Å². The van der Waals surface area contributed by atoms with Gasteiger partial charge in [0.05, 0.1) is 19.3 Å². The van der Waals surface area contributed by atoms with Crippen LogP contribution in [0.3, 0.4) is 0 Å². The van der Waals surface area contributed by atoms with Crippen molar-refractivity contribution in [2.45, 2.75) is 51.0 Å². The van der Waals surface area contributed by atoms with Crippen LogP contribution in [-0.4, -0.2) is 69.7 Å². The molecule has 180 valence electrons. The van der Waals surface area contributed by atoms with Crippen LogP contribution in [0, 0.1) is 0 Å². The summed E-state index contributed by atoms with van der Waals surface area (Å²) in [5, 5.41) is 5.68. The zero-order valence-corrected chi connectivity index (χ0v) is 19.9. The van der Waals surface area contributed by atoms with Crippen molar-refractivity contribution < 1.29 is 14.3 Å². The van der Waals surface area contributed by atoms with E-state index in [0.717, 1.165) is 51.7 Å². The van der Waals surface area contributed by atoms with Crippen LogP contribution in [0.15, 0.2) is 29.8 Å². The molecule has 0 bridgehead atoms. The molecule has 0 saturated carbocycles. The van der Waals surface area contributed by atoms with Gasteiger partial charge < -0.3 is 20.3 Å². The van der Waals surface area contributed by atoms with E-state index < -0.39 is 11.8 Å². The Morgan fingerprint density at radius 1 is 1.03 bits per heavy atom. The first-order valence-corrected chi connectivity index (χ1v) is 12.5. The Hall–Kier alpha value is -2.38. The fraction of sp³-hybridized carbons (Fsp3) is 0.615. The summed E-state index contributed by atoms with van der Waals surface area (Å²) in [6.45, 7) is 5.03. The van der Waals surface area contributed by atoms with Crippen molar-refractivity contribution in [3.05, 3.63) is 41.0 Å². The van der Waals surface area contributed by atoms with E-state index in [9.17, 15) is 9.59 Å². The van der Waals surface area contributed by atoms with Crippen molar-refractivity contribution in [2.24, 2.45) is 0 Å². The maximum atomic E-state index is 12.5. The first-order chi connectivity index (χ1) is 16.1. The number of carbonyl (C=O) groups is 2. The number of hydrogen-bond donors (Lipinski definition) is 2. The number of anilines is 1. The van der Waals surface area contributed by atoms with Crippen LogP contribution >= 0.6 is 0 Å². The molecule has 3 aliphatic rings. The molecule has 1 atom stereocenters. The summed E-state index contributed by atoms with van der Waals surface area (Å²) >= 11 is 0. The maximum Gasteiger partial charge on any atom is 0.309 e. The molecule has 0 radical (unpaired) electrons. The molecule has 0 spiro atoms. The monoisotopic (exact) mass is 454 g/mol. The highest BCUT2D eigenvalue weighted by molar-refractivity contribution is 6.35. The number of benzene rings is 1. The summed E-state index contributed by atoms with van der Waals surface area (Å²) < 4.78 is 5.54. The summed E-state index contributed by atoms with van der Waals surface area (Å²) in [5.41, 5.74) is 5.24. The van der Waals surface area contributed by atoms with Gasteiger partial charge in [0.25, 0.3) is 0 Å². The maximum absolute atomic E-state index is 12.5. The van der Waals surface area contributed by atoms with Crippen molar-refractivity contribution in [1.29, 1.82) is 0 Å². The van der Waals surface area contributed by atoms with Crippen LogP contribution in [-0.2, 0) is 20.7 Å². The molecule has 1 aromatic rings. The Morgan fingerprint density at radius 3 is 2.64 bits per heavy atom. The molecule has 1 aromatic carbocycles. The fourth-order valence-corrected chi connectivity index (χ4v) is 5.18. The fourth-order valence-electron chi connectivity index (χ4n) is 5.18. The number of amides is 2. The molecule has 1 saturated heterocycles. The summed E-state index contributed by atoms with van der Waals surface area (Å²) in [5.74, 6) is -1.09. The average molecular weight is 455 g/mol. The van der Waals surface area contributed by atoms with Gasteiger partial charge in [0.15, 0.2) is 0 Å². The Bertz CT molecular complexity index is 863. The standard InChI is InChI=1S/C26H38N4O3/c1-29-13-5-8-21-18-22(9-10-23(21)29)24(30-14-16-33-17-15-30)19-28-26(32)25(31)27-12-11-20-6-3-2-4-7-20/h6,9-10,18,24H,2-5,7-8,11-17,19H2,1H3,(H,27,31)(H,28,32). The summed E-state index contributed by atoms with van der Waals surface area (Å²) in [6.07, 6.45) is 10.1. The van der Waals surface area contributed by atoms with Gasteiger partial charge in [0.1, 0.15) is 0 Å². The van der Waals surface area contributed by atoms with Crippen LogP contribution < -0.4 is 15.5 Å². The lowest BCUT2D eigenvalue weighted by atomic mass is 9.95. The molecule has 2 amide bonds. The molecular formula is C26H38N4O3. The quantitative estimate of drug-likeness (QED) is 0.489. The van der Waals surface area contributed by atoms with Crippen LogP contribution in [0.4, 0.5) is 5.69 Å². The highest BCUT2D eigenvalue weighted by Gasteiger charge is 2.26. The number of morpholine rings is 1. The third-order valence-corrected chi connectivity index (χ3v) is 7.10. The largest absolute Gasteiger partial charge is 0.379 e. The minimum Gasteiger partial charge on any atom is -0.379 e. The number of rotatable bonds is 7. The Balaban J connectivity index is 1.36. The number of allylic oxidation sites excluding steroid dienone is 1. The average Bonchev–Trinajstić information content (AvgIpc) is 2.85. The van der Waals surface area contributed by atoms with E-state index in [4.69, 9.17) is 4.74 Å². The number of hydrogen-bond acceptors (Lipinski definition) is 5. The van der Waals surface area contributed by atoms with E-state index in [1.165, 1.54) is 35.2 Å². The number of fused-ring (bicyclic) bond motifs is 1. The van der Waals surface area contributed by atoms with E-state index in [1.807, 2.05) is 0 Å². The van der Waals surface area contributed by atoms with Crippen molar-refractivity contribution in [3.8, 4) is 0 Å². The van der Waals surface area contributed by atoms with Gasteiger partial charge in [-0.2, -0.15) is 0 Å². The number of carbonyl (C=O) groups excluding carboxylic acids is 2. The van der Waals surface area contributed by atoms with Crippen LogP contribution in [0.5, 0.6) is 0 Å². The Labute approximate surface area is 197 Å². The zero-order chi connectivity index (χ0) is 23.0. The lowest BCUT2D eigenvalue weighted by molar-refractivity contribution is -0.139. The van der Waals surface area contributed by atoms with Gasteiger partial charge in [0, 0.05) is 45.5 Å². The Kier molecular flexibility index (Phi) is 8.40. The number of aryl methyl sites for hydroxylation is 1. The lowest BCUT2D eigenvalue weighted by Gasteiger charge is -2.36. The summed E-state index contributed by atoms with van der Waals surface area (Å²) in [6, 6.07) is 6.68. The second-order valence-electron chi connectivity index (χ2n) is 9.40. The number of ether oxygens (including phenoxy) is 1. The smallest absolute Gasteiger partial charge is 0.309 e. The molecule has 1 aliphatic carbocycles. The van der Waals surface area contributed by atoms with Crippen LogP contribution in [0.1, 0.15) is 55.7 Å². The summed E-state index contributed by atoms with van der Waals surface area (Å²) in [7, 11) is 2.14. The zero-order valence-electron chi connectivity index (χ0n) is 19.9. The third kappa shape index (κ3) is 6.36. The Morgan fingerprint density at radius 2 is 1.85 bits per heavy atom. The SMILES string of the molecule is CN1CCCc2cc(C(CNC(=O)C(=O)NCCC3=CCCCC3)N3CCOCC3)ccc21. The first-order valence-electron chi connectivity index (χ1n) is 12.5. The summed E-state index contributed by atoms with van der Waals surface area (Å²) in [4.78, 5) is 29.5. The van der Waals surface area contributed by atoms with Crippen LogP contribution in [0.25, 0.3) is 0 Å². The molecule has 7 nitrogen and oxygen atoms in total. The predicted octanol–water partition coefficient (Wildman–Crippen LogP) is 2.57. The normalized spacial score (nSPS) is 19.9. The van der Waals surface area contributed by atoms with Gasteiger partial charge in [-0.1, -0.05) is 23.8 Å². The van der Waals surface area contributed by atoms with Gasteiger partial charge in [0.2, 0.25) is 0 Å². The minimum atomic E-state index is -0.552. The lowest BCUT2D eigenvalue weighted by Crippen LogP contribution is -2.47. The predicted molar refractivity (Wildman–Crippen MR) is 130 cm³/mol. The number of nitrogens with one attached hydrogen (secondary N) is 2. The molecule has 0 aromatic heterocycles. The van der Waals surface area contributed by atoms with Gasteiger partial charge in [-0.05, 0) is 62.1 Å². The van der Waals surface area contributed by atoms with E-state index >= 15 is 0 Å². The number of nitrogens with zero attached hydrogens (tertiary/aromatic N) is 2. The van der Waals surface area contributed by atoms with E-state index in [2.05, 4.69) is 51.8 Å². The molecule has 33 heavy (non-hydrogen) atoms. The van der Waals surface area contributed by atoms with E-state index in [0.29, 0.717) is 26.3 Å². The van der Waals surface area contributed by atoms with Gasteiger partial charge in [-0.3, -0.25) is 14.5 Å². The highest BCUT2D eigenvalue weighted by Crippen LogP contribution is 2.31. The molecule has 4 rings (SSSR count). The molecule has 2 aliphatic heterocycles. The highest BCUT2D eigenvalue weighted by atomic mass is 16.5. The van der Waals surface area contributed by atoms with Gasteiger partial charge in [-0.25, -0.2) is 0 Å². The second kappa shape index (κ2) is 11.7. The molecule has 2 N–H and O–H groups in total. The molecule has 1 unspecified atom stereocenters. The van der Waals surface area contributed by atoms with Crippen molar-refractivity contribution in [2.75, 3.05) is 57.9 Å². The van der Waals surface area contributed by atoms with Gasteiger partial charge in [-0.15, -0.1) is 0 Å². The second-order valence-corrected chi connectivity index (χ2v) is 9.40. The molecule has 7 heteroatoms. The molecule has 2 heterocycles. The molecule has 1 fully saturated rings. The van der Waals surface area contributed by atoms with Crippen molar-refractivity contribution >= 4 is 17.5 Å². The van der Waals surface area contributed by atoms with E-state index in [-0.39, 0.29) is 6.04 Å². The van der Waals surface area contributed by atoms with Crippen LogP contribution in [0.2, 0.25) is 0 Å².